The maximum Gasteiger partial charge on any atom is 0.323 e. The number of para-hydroxylation sites is 1. The molecule has 1 saturated heterocycles. The summed E-state index contributed by atoms with van der Waals surface area (Å²) in [6, 6.07) is 7.24. The summed E-state index contributed by atoms with van der Waals surface area (Å²) >= 11 is 5.53. The van der Waals surface area contributed by atoms with Crippen molar-refractivity contribution in [2.24, 2.45) is 0 Å². The number of aliphatic hydroxyl groups is 1. The molecule has 0 amide bonds. The fraction of sp³-hybridized carbons (Fsp3) is 0.478. The lowest BCUT2D eigenvalue weighted by atomic mass is 9.97. The number of aromatic nitrogens is 4. The Hall–Kier alpha value is -3.01. The van der Waals surface area contributed by atoms with Crippen molar-refractivity contribution in [3.05, 3.63) is 36.7 Å². The first kappa shape index (κ1) is 30.0. The number of hydrogen-bond acceptors (Lipinski definition) is 12. The third-order valence-corrected chi connectivity index (χ3v) is 8.62. The van der Waals surface area contributed by atoms with Gasteiger partial charge in [0.15, 0.2) is 35.0 Å². The number of esters is 1. The van der Waals surface area contributed by atoms with E-state index in [1.165, 1.54) is 20.4 Å². The molecule has 2 aromatic heterocycles. The molecule has 1 unspecified atom stereocenters. The summed E-state index contributed by atoms with van der Waals surface area (Å²) in [5.41, 5.74) is 3.46. The highest BCUT2D eigenvalue weighted by Crippen LogP contribution is 2.52. The minimum atomic E-state index is -3.70. The van der Waals surface area contributed by atoms with Crippen molar-refractivity contribution in [2.45, 2.75) is 43.7 Å². The van der Waals surface area contributed by atoms with Crippen molar-refractivity contribution >= 4 is 47.3 Å². The molecule has 1 aromatic carbocycles. The molecule has 1 aliphatic rings. The van der Waals surface area contributed by atoms with Crippen LogP contribution >= 0.6 is 6.64 Å². The van der Waals surface area contributed by atoms with Gasteiger partial charge in [0.25, 0.3) is 5.85 Å². The molecule has 0 bridgehead atoms. The van der Waals surface area contributed by atoms with Gasteiger partial charge < -0.3 is 34.3 Å². The zero-order chi connectivity index (χ0) is 29.5. The Morgan fingerprint density at radius 3 is 2.65 bits per heavy atom. The number of anilines is 2. The van der Waals surface area contributed by atoms with Gasteiger partial charge in [-0.1, -0.05) is 18.2 Å². The smallest absolute Gasteiger partial charge is 0.323 e. The number of carbonyl (C=O) groups is 1. The van der Waals surface area contributed by atoms with Gasteiger partial charge in [-0.25, -0.2) is 18.9 Å². The number of hydrogen-bond donors (Lipinski definition) is 3. The number of ether oxygens (including phenoxy) is 2. The summed E-state index contributed by atoms with van der Waals surface area (Å²) in [5, 5.41) is 13.5. The van der Waals surface area contributed by atoms with Crippen LogP contribution in [0.2, 0.25) is 0 Å². The van der Waals surface area contributed by atoms with Gasteiger partial charge in [-0.15, -0.1) is 0 Å². The van der Waals surface area contributed by atoms with Crippen molar-refractivity contribution in [3.8, 4) is 5.75 Å². The van der Waals surface area contributed by atoms with Crippen molar-refractivity contribution in [1.29, 1.82) is 0 Å². The minimum absolute atomic E-state index is 0.0635. The molecule has 4 N–H and O–H groups in total. The SMILES string of the molecule is COC(=O)[C@@H](C)NP(=S)(OC[C@@]1(F)O[C@@H](n2cnc3c(N(C)C)nc(N)nc32)[C@](C)(F)[C@@H]1O)Oc1ccccc1. The molecule has 3 aromatic rings. The molecule has 4 rings (SSSR count). The van der Waals surface area contributed by atoms with E-state index >= 15 is 8.78 Å². The summed E-state index contributed by atoms with van der Waals surface area (Å²) in [5.74, 6) is -3.30. The van der Waals surface area contributed by atoms with E-state index in [1.807, 2.05) is 0 Å². The molecule has 0 spiro atoms. The van der Waals surface area contributed by atoms with Crippen LogP contribution in [0, 0.1) is 0 Å². The molecule has 17 heteroatoms. The second-order valence-corrected chi connectivity index (χ2v) is 12.6. The van der Waals surface area contributed by atoms with Crippen LogP contribution in [0.15, 0.2) is 36.7 Å². The number of alkyl halides is 2. The topological polar surface area (TPSA) is 159 Å². The largest absolute Gasteiger partial charge is 0.468 e. The molecular formula is C23H30F2N7O6PS. The Labute approximate surface area is 233 Å². The highest BCUT2D eigenvalue weighted by Gasteiger charge is 2.65. The highest BCUT2D eigenvalue weighted by molar-refractivity contribution is 8.09. The van der Waals surface area contributed by atoms with Gasteiger partial charge in [-0.2, -0.15) is 9.97 Å². The van der Waals surface area contributed by atoms with Gasteiger partial charge >= 0.3 is 12.6 Å². The Balaban J connectivity index is 1.64. The summed E-state index contributed by atoms with van der Waals surface area (Å²) in [7, 11) is 4.59. The Morgan fingerprint density at radius 2 is 2.02 bits per heavy atom. The Kier molecular flexibility index (Phi) is 8.32. The van der Waals surface area contributed by atoms with Crippen LogP contribution in [0.4, 0.5) is 20.5 Å². The van der Waals surface area contributed by atoms with Crippen LogP contribution < -0.4 is 20.2 Å². The first-order chi connectivity index (χ1) is 18.7. The molecule has 40 heavy (non-hydrogen) atoms. The zero-order valence-corrected chi connectivity index (χ0v) is 24.0. The number of rotatable bonds is 10. The average Bonchev–Trinajstić information content (AvgIpc) is 3.39. The fourth-order valence-electron chi connectivity index (χ4n) is 4.11. The highest BCUT2D eigenvalue weighted by atomic mass is 32.5. The van der Waals surface area contributed by atoms with Crippen LogP contribution in [0.3, 0.4) is 0 Å². The predicted molar refractivity (Wildman–Crippen MR) is 145 cm³/mol. The molecule has 3 heterocycles. The number of nitrogens with two attached hydrogens (primary N) is 1. The molecule has 1 fully saturated rings. The molecular weight excluding hydrogens is 571 g/mol. The van der Waals surface area contributed by atoms with E-state index in [-0.39, 0.29) is 22.9 Å². The molecule has 13 nitrogen and oxygen atoms in total. The predicted octanol–water partition coefficient (Wildman–Crippen LogP) is 2.23. The second-order valence-electron chi connectivity index (χ2n) is 9.48. The number of nitrogens with one attached hydrogen (secondary N) is 1. The van der Waals surface area contributed by atoms with Gasteiger partial charge in [0.1, 0.15) is 18.4 Å². The van der Waals surface area contributed by atoms with Crippen LogP contribution in [0.1, 0.15) is 20.1 Å². The fourth-order valence-corrected chi connectivity index (χ4v) is 6.51. The number of aliphatic hydroxyl groups excluding tert-OH is 1. The molecule has 0 radical (unpaired) electrons. The maximum absolute atomic E-state index is 16.2. The lowest BCUT2D eigenvalue weighted by Crippen LogP contribution is -2.47. The standard InChI is InChI=1S/C23H30F2N7O6PS/c1-13(18(33)35-5)30-39(40,38-14-9-7-6-8-10-14)36-11-23(25)19(34)22(2,24)20(37-23)32-12-27-15-16(31(3)4)28-21(26)29-17(15)32/h6-10,12-13,19-20,34H,11H2,1-5H3,(H,30,40)(H2,26,28,29)/t13-,19+,20-,22-,23-,39?/m1/s1. The van der Waals surface area contributed by atoms with Crippen LogP contribution in [0.25, 0.3) is 11.2 Å². The van der Waals surface area contributed by atoms with Gasteiger partial charge in [-0.05, 0) is 37.8 Å². The van der Waals surface area contributed by atoms with E-state index < -0.39 is 49.1 Å². The first-order valence-corrected chi connectivity index (χ1v) is 14.6. The van der Waals surface area contributed by atoms with Gasteiger partial charge in [0.2, 0.25) is 5.95 Å². The van der Waals surface area contributed by atoms with E-state index in [1.54, 1.807) is 49.3 Å². The number of benzene rings is 1. The van der Waals surface area contributed by atoms with Crippen molar-refractivity contribution < 1.29 is 37.2 Å². The third kappa shape index (κ3) is 5.73. The van der Waals surface area contributed by atoms with Crippen LogP contribution in [-0.4, -0.2) is 82.1 Å². The Morgan fingerprint density at radius 1 is 1.35 bits per heavy atom. The van der Waals surface area contributed by atoms with Gasteiger partial charge in [0.05, 0.1) is 13.4 Å². The number of nitrogen functional groups attached to an aromatic ring is 1. The molecule has 0 aliphatic carbocycles. The first-order valence-electron chi connectivity index (χ1n) is 12.0. The second kappa shape index (κ2) is 11.1. The van der Waals surface area contributed by atoms with E-state index in [9.17, 15) is 9.90 Å². The van der Waals surface area contributed by atoms with E-state index in [4.69, 9.17) is 36.1 Å². The van der Waals surface area contributed by atoms with Crippen molar-refractivity contribution in [1.82, 2.24) is 24.6 Å². The number of imidazole rings is 1. The molecule has 0 saturated carbocycles. The summed E-state index contributed by atoms with van der Waals surface area (Å²) < 4.78 is 55.0. The van der Waals surface area contributed by atoms with Crippen molar-refractivity contribution in [2.75, 3.05) is 38.4 Å². The minimum Gasteiger partial charge on any atom is -0.468 e. The lowest BCUT2D eigenvalue weighted by Gasteiger charge is -2.30. The van der Waals surface area contributed by atoms with Gasteiger partial charge in [0, 0.05) is 14.1 Å². The maximum atomic E-state index is 16.2. The summed E-state index contributed by atoms with van der Waals surface area (Å²) in [6.07, 6.45) is -2.88. The number of carbonyl (C=O) groups excluding carboxylic acids is 1. The molecule has 6 atom stereocenters. The number of nitrogens with zero attached hydrogens (tertiary/aromatic N) is 5. The van der Waals surface area contributed by atoms with E-state index in [0.717, 1.165) is 11.5 Å². The quantitative estimate of drug-likeness (QED) is 0.230. The van der Waals surface area contributed by atoms with E-state index in [0.29, 0.717) is 5.82 Å². The normalized spacial score (nSPS) is 26.8. The molecule has 218 valence electrons. The van der Waals surface area contributed by atoms with Crippen molar-refractivity contribution in [3.63, 3.8) is 0 Å². The summed E-state index contributed by atoms with van der Waals surface area (Å²) in [6.45, 7) is -2.33. The average molecular weight is 602 g/mol. The number of fused-ring (bicyclic) bond motifs is 1. The Bertz CT molecular complexity index is 1430. The number of methoxy groups -OCH3 is 1. The third-order valence-electron chi connectivity index (χ3n) is 6.14. The number of halogens is 2. The summed E-state index contributed by atoms with van der Waals surface area (Å²) in [4.78, 5) is 26.1. The monoisotopic (exact) mass is 601 g/mol. The van der Waals surface area contributed by atoms with Crippen LogP contribution in [0.5, 0.6) is 5.75 Å². The van der Waals surface area contributed by atoms with E-state index in [2.05, 4.69) is 20.0 Å². The zero-order valence-electron chi connectivity index (χ0n) is 22.3. The lowest BCUT2D eigenvalue weighted by molar-refractivity contribution is -0.202. The van der Waals surface area contributed by atoms with Crippen LogP contribution in [-0.2, 0) is 30.6 Å². The molecule has 1 aliphatic heterocycles. The van der Waals surface area contributed by atoms with Gasteiger partial charge in [-0.3, -0.25) is 9.36 Å².